The molecule has 3 unspecified atom stereocenters. The van der Waals surface area contributed by atoms with Crippen LogP contribution in [0.1, 0.15) is 67.6 Å². The Morgan fingerprint density at radius 2 is 1.64 bits per heavy atom. The second-order valence-electron chi connectivity index (χ2n) is 10.5. The number of anilines is 1. The highest BCUT2D eigenvalue weighted by Gasteiger charge is 2.32. The highest BCUT2D eigenvalue weighted by Crippen LogP contribution is 2.39. The smallest absolute Gasteiger partial charge is 0.303 e. The van der Waals surface area contributed by atoms with E-state index in [1.54, 1.807) is 4.68 Å². The molecule has 1 fully saturated rings. The Balaban J connectivity index is 1.24. The molecule has 0 bridgehead atoms. The average Bonchev–Trinajstić information content (AvgIpc) is 3.53. The third-order valence-electron chi connectivity index (χ3n) is 7.22. The predicted molar refractivity (Wildman–Crippen MR) is 164 cm³/mol. The molecule has 3 aromatic carbocycles. The van der Waals surface area contributed by atoms with Crippen molar-refractivity contribution in [1.82, 2.24) is 20.2 Å². The van der Waals surface area contributed by atoms with Crippen molar-refractivity contribution in [3.63, 3.8) is 0 Å². The highest BCUT2D eigenvalue weighted by molar-refractivity contribution is 7.99. The zero-order valence-electron chi connectivity index (χ0n) is 24.1. The first-order chi connectivity index (χ1) is 21.5. The van der Waals surface area contributed by atoms with Crippen molar-refractivity contribution in [2.24, 2.45) is 0 Å². The number of carboxylic acid groups (broad SMARTS) is 1. The Morgan fingerprint density at radius 1 is 0.909 bits per heavy atom. The molecule has 0 radical (unpaired) electrons. The minimum Gasteiger partial charge on any atom is -0.481 e. The second-order valence-corrected chi connectivity index (χ2v) is 11.5. The first kappa shape index (κ1) is 31.3. The van der Waals surface area contributed by atoms with Gasteiger partial charge in [-0.2, -0.15) is 4.68 Å². The topological polar surface area (TPSA) is 149 Å². The summed E-state index contributed by atoms with van der Waals surface area (Å²) in [4.78, 5) is 23.0. The largest absolute Gasteiger partial charge is 0.481 e. The third kappa shape index (κ3) is 8.73. The van der Waals surface area contributed by atoms with E-state index in [4.69, 9.17) is 14.6 Å². The van der Waals surface area contributed by atoms with E-state index in [-0.39, 0.29) is 31.1 Å². The van der Waals surface area contributed by atoms with Gasteiger partial charge in [-0.1, -0.05) is 72.8 Å². The fourth-order valence-electron chi connectivity index (χ4n) is 4.88. The van der Waals surface area contributed by atoms with Crippen molar-refractivity contribution in [3.8, 4) is 5.69 Å². The lowest BCUT2D eigenvalue weighted by Crippen LogP contribution is -2.31. The minimum atomic E-state index is -0.818. The number of rotatable bonds is 14. The first-order valence-corrected chi connectivity index (χ1v) is 15.6. The van der Waals surface area contributed by atoms with Gasteiger partial charge in [0.1, 0.15) is 0 Å². The summed E-state index contributed by atoms with van der Waals surface area (Å²) < 4.78 is 14.6. The van der Waals surface area contributed by atoms with Crippen LogP contribution < -0.4 is 5.32 Å². The number of para-hydroxylation sites is 1. The molecule has 230 valence electrons. The van der Waals surface area contributed by atoms with Crippen LogP contribution in [0.25, 0.3) is 5.69 Å². The van der Waals surface area contributed by atoms with E-state index >= 15 is 0 Å². The first-order valence-electron chi connectivity index (χ1n) is 14.6. The average molecular weight is 618 g/mol. The Hall–Kier alpha value is -4.10. The highest BCUT2D eigenvalue weighted by atomic mass is 32.2. The molecule has 11 nitrogen and oxygen atoms in total. The van der Waals surface area contributed by atoms with Gasteiger partial charge >= 0.3 is 5.97 Å². The molecule has 1 aliphatic rings. The van der Waals surface area contributed by atoms with Crippen molar-refractivity contribution in [2.45, 2.75) is 68.8 Å². The van der Waals surface area contributed by atoms with Gasteiger partial charge in [0.2, 0.25) is 11.1 Å². The van der Waals surface area contributed by atoms with E-state index in [0.29, 0.717) is 48.7 Å². The fraction of sp³-hybridized carbons (Fsp3) is 0.344. The molecule has 1 aromatic heterocycles. The molecule has 12 heteroatoms. The van der Waals surface area contributed by atoms with Crippen molar-refractivity contribution in [3.05, 3.63) is 95.6 Å². The van der Waals surface area contributed by atoms with Gasteiger partial charge in [0, 0.05) is 36.3 Å². The molecule has 4 aromatic rings. The number of ether oxygens (including phenoxy) is 2. The minimum absolute atomic E-state index is 0.0272. The van der Waals surface area contributed by atoms with Crippen molar-refractivity contribution < 1.29 is 29.3 Å². The number of unbranched alkanes of at least 4 members (excludes halogenated alkanes) is 2. The lowest BCUT2D eigenvalue weighted by molar-refractivity contribution is -0.245. The second kappa shape index (κ2) is 15.6. The fourth-order valence-corrected chi connectivity index (χ4v) is 5.78. The van der Waals surface area contributed by atoms with E-state index in [9.17, 15) is 14.7 Å². The van der Waals surface area contributed by atoms with Crippen LogP contribution in [0.3, 0.4) is 0 Å². The van der Waals surface area contributed by atoms with Gasteiger partial charge < -0.3 is 25.0 Å². The van der Waals surface area contributed by atoms with Crippen LogP contribution in [0.4, 0.5) is 5.69 Å². The molecule has 1 saturated heterocycles. The SMILES string of the molecule is O=C(O)CCCCCC(=O)Nc1ccc(C2OC(CSc3nnnn3-c3ccccc3)CC(c3ccc(CO)cc3)O2)cc1. The molecule has 3 N–H and O–H groups in total. The van der Waals surface area contributed by atoms with Gasteiger partial charge in [0.15, 0.2) is 6.29 Å². The molecular weight excluding hydrogens is 582 g/mol. The summed E-state index contributed by atoms with van der Waals surface area (Å²) in [5, 5.41) is 34.0. The predicted octanol–water partition coefficient (Wildman–Crippen LogP) is 5.47. The molecule has 2 heterocycles. The van der Waals surface area contributed by atoms with Crippen LogP contribution in [0.2, 0.25) is 0 Å². The van der Waals surface area contributed by atoms with Crippen LogP contribution in [0, 0.1) is 0 Å². The number of aliphatic carboxylic acids is 1. The standard InChI is InChI=1S/C32H35N5O6S/c38-20-22-11-13-23(14-12-22)28-19-27(21-44-32-34-35-36-37(32)26-7-3-1-4-8-26)42-31(43-28)24-15-17-25(18-16-24)33-29(39)9-5-2-6-10-30(40)41/h1,3-4,7-8,11-18,27-28,31,38H,2,5-6,9-10,19-21H2,(H,33,39)(H,40,41). The number of carboxylic acids is 1. The number of carbonyl (C=O) groups is 2. The van der Waals surface area contributed by atoms with Crippen LogP contribution in [0.15, 0.2) is 84.0 Å². The Morgan fingerprint density at radius 3 is 2.36 bits per heavy atom. The van der Waals surface area contributed by atoms with Gasteiger partial charge in [-0.15, -0.1) is 5.10 Å². The molecule has 0 saturated carbocycles. The molecule has 5 rings (SSSR count). The maximum atomic E-state index is 12.4. The van der Waals surface area contributed by atoms with E-state index in [0.717, 1.165) is 22.4 Å². The molecule has 44 heavy (non-hydrogen) atoms. The van der Waals surface area contributed by atoms with E-state index in [1.165, 1.54) is 11.8 Å². The summed E-state index contributed by atoms with van der Waals surface area (Å²) >= 11 is 1.51. The lowest BCUT2D eigenvalue weighted by atomic mass is 10.0. The van der Waals surface area contributed by atoms with Crippen molar-refractivity contribution >= 4 is 29.3 Å². The summed E-state index contributed by atoms with van der Waals surface area (Å²) in [5.41, 5.74) is 4.17. The van der Waals surface area contributed by atoms with E-state index < -0.39 is 12.3 Å². The third-order valence-corrected chi connectivity index (χ3v) is 8.27. The number of carbonyl (C=O) groups excluding carboxylic acids is 1. The number of benzene rings is 3. The van der Waals surface area contributed by atoms with E-state index in [2.05, 4.69) is 20.8 Å². The summed E-state index contributed by atoms with van der Waals surface area (Å²) in [6, 6.07) is 24.8. The Kier molecular flexibility index (Phi) is 11.1. The number of thioether (sulfide) groups is 1. The summed E-state index contributed by atoms with van der Waals surface area (Å²) in [6.45, 7) is -0.0272. The van der Waals surface area contributed by atoms with E-state index in [1.807, 2.05) is 78.9 Å². The number of aromatic nitrogens is 4. The zero-order chi connectivity index (χ0) is 30.7. The molecule has 1 aliphatic heterocycles. The number of aliphatic hydroxyl groups is 1. The van der Waals surface area contributed by atoms with Gasteiger partial charge in [0.25, 0.3) is 0 Å². The Bertz CT molecular complexity index is 1500. The summed E-state index contributed by atoms with van der Waals surface area (Å²) in [6.07, 6.45) is 1.92. The van der Waals surface area contributed by atoms with Crippen LogP contribution in [0.5, 0.6) is 0 Å². The lowest BCUT2D eigenvalue weighted by Gasteiger charge is -2.36. The summed E-state index contributed by atoms with van der Waals surface area (Å²) in [7, 11) is 0. The van der Waals surface area contributed by atoms with Crippen LogP contribution >= 0.6 is 11.8 Å². The maximum Gasteiger partial charge on any atom is 0.303 e. The quantitative estimate of drug-likeness (QED) is 0.123. The number of nitrogens with one attached hydrogen (secondary N) is 1. The number of amides is 1. The molecule has 3 atom stereocenters. The molecule has 1 amide bonds. The van der Waals surface area contributed by atoms with Crippen molar-refractivity contribution in [1.29, 1.82) is 0 Å². The number of hydrogen-bond donors (Lipinski definition) is 3. The van der Waals surface area contributed by atoms with Crippen molar-refractivity contribution in [2.75, 3.05) is 11.1 Å². The number of nitrogens with zero attached hydrogens (tertiary/aromatic N) is 4. The number of hydrogen-bond acceptors (Lipinski definition) is 9. The summed E-state index contributed by atoms with van der Waals surface area (Å²) in [5.74, 6) is -0.334. The van der Waals surface area contributed by atoms with Crippen LogP contribution in [-0.2, 0) is 25.7 Å². The maximum absolute atomic E-state index is 12.4. The zero-order valence-corrected chi connectivity index (χ0v) is 24.9. The molecular formula is C32H35N5O6S. The van der Waals surface area contributed by atoms with Gasteiger partial charge in [-0.3, -0.25) is 9.59 Å². The van der Waals surface area contributed by atoms with Gasteiger partial charge in [-0.05, 0) is 58.7 Å². The molecule has 0 aliphatic carbocycles. The normalized spacial score (nSPS) is 18.2. The number of aliphatic hydroxyl groups excluding tert-OH is 1. The molecule has 0 spiro atoms. The van der Waals surface area contributed by atoms with Crippen LogP contribution in [-0.4, -0.2) is 54.2 Å². The van der Waals surface area contributed by atoms with Gasteiger partial charge in [-0.25, -0.2) is 0 Å². The number of tetrazole rings is 1. The van der Waals surface area contributed by atoms with Gasteiger partial charge in [0.05, 0.1) is 24.5 Å². The monoisotopic (exact) mass is 617 g/mol. The Labute approximate surface area is 259 Å².